The molecule has 0 saturated carbocycles. The molecule has 142 valence electrons. The van der Waals surface area contributed by atoms with Crippen LogP contribution in [-0.4, -0.2) is 42.3 Å². The highest BCUT2D eigenvalue weighted by Crippen LogP contribution is 2.32. The third-order valence-corrected chi connectivity index (χ3v) is 5.50. The van der Waals surface area contributed by atoms with E-state index in [0.717, 1.165) is 47.3 Å². The number of aromatic nitrogens is 5. The van der Waals surface area contributed by atoms with E-state index in [1.165, 1.54) is 5.56 Å². The number of fused-ring (bicyclic) bond motifs is 2. The summed E-state index contributed by atoms with van der Waals surface area (Å²) in [4.78, 5) is 23.1. The maximum absolute atomic E-state index is 13.0. The number of nitrogens with one attached hydrogen (secondary N) is 1. The molecule has 1 unspecified atom stereocenters. The summed E-state index contributed by atoms with van der Waals surface area (Å²) in [5.41, 5.74) is 4.99. The van der Waals surface area contributed by atoms with Gasteiger partial charge in [0.2, 0.25) is 5.91 Å². The van der Waals surface area contributed by atoms with Crippen molar-refractivity contribution in [1.82, 2.24) is 29.9 Å². The zero-order valence-electron chi connectivity index (χ0n) is 15.8. The maximum Gasteiger partial charge on any atom is 0.225 e. The molecule has 7 heteroatoms. The number of benzene rings is 2. The van der Waals surface area contributed by atoms with Gasteiger partial charge >= 0.3 is 0 Å². The lowest BCUT2D eigenvalue weighted by molar-refractivity contribution is -0.132. The van der Waals surface area contributed by atoms with Gasteiger partial charge in [-0.05, 0) is 49.6 Å². The third kappa shape index (κ3) is 2.93. The van der Waals surface area contributed by atoms with E-state index in [-0.39, 0.29) is 11.9 Å². The summed E-state index contributed by atoms with van der Waals surface area (Å²) in [7, 11) is 0. The number of hydrogen-bond donors (Lipinski definition) is 1. The Morgan fingerprint density at radius 3 is 3.04 bits per heavy atom. The predicted molar refractivity (Wildman–Crippen MR) is 107 cm³/mol. The maximum atomic E-state index is 13.0. The van der Waals surface area contributed by atoms with Crippen LogP contribution in [0.1, 0.15) is 36.7 Å². The fourth-order valence-corrected chi connectivity index (χ4v) is 4.08. The minimum Gasteiger partial charge on any atom is -0.340 e. The van der Waals surface area contributed by atoms with Crippen LogP contribution >= 0.6 is 0 Å². The van der Waals surface area contributed by atoms with Gasteiger partial charge < -0.3 is 9.88 Å². The number of aryl methyl sites for hydroxylation is 2. The number of likely N-dealkylation sites (tertiary alicyclic amines) is 1. The molecule has 4 aromatic rings. The molecule has 2 aromatic carbocycles. The Balaban J connectivity index is 1.33. The number of amides is 1. The molecule has 1 aliphatic rings. The lowest BCUT2D eigenvalue weighted by Crippen LogP contribution is -2.31. The molecule has 7 nitrogen and oxygen atoms in total. The second kappa shape index (κ2) is 6.74. The molecule has 2 aromatic heterocycles. The monoisotopic (exact) mass is 374 g/mol. The molecule has 3 heterocycles. The molecule has 28 heavy (non-hydrogen) atoms. The minimum absolute atomic E-state index is 0.0210. The summed E-state index contributed by atoms with van der Waals surface area (Å²) in [6.07, 6.45) is 2.35. The zero-order valence-corrected chi connectivity index (χ0v) is 15.8. The Morgan fingerprint density at radius 2 is 2.11 bits per heavy atom. The molecular formula is C21H22N6O. The van der Waals surface area contributed by atoms with Gasteiger partial charge in [0.25, 0.3) is 0 Å². The number of para-hydroxylation sites is 1. The van der Waals surface area contributed by atoms with E-state index in [2.05, 4.69) is 34.4 Å². The zero-order chi connectivity index (χ0) is 19.1. The highest BCUT2D eigenvalue weighted by Gasteiger charge is 2.31. The summed E-state index contributed by atoms with van der Waals surface area (Å²) < 4.78 is 1.81. The summed E-state index contributed by atoms with van der Waals surface area (Å²) in [6.45, 7) is 3.37. The Bertz CT molecular complexity index is 1160. The molecular weight excluding hydrogens is 352 g/mol. The molecule has 0 bridgehead atoms. The van der Waals surface area contributed by atoms with E-state index in [0.29, 0.717) is 13.0 Å². The number of nitrogens with zero attached hydrogens (tertiary/aromatic N) is 5. The van der Waals surface area contributed by atoms with E-state index in [1.54, 1.807) is 0 Å². The van der Waals surface area contributed by atoms with Crippen LogP contribution in [0, 0.1) is 6.92 Å². The number of carbonyl (C=O) groups is 1. The lowest BCUT2D eigenvalue weighted by atomic mass is 10.2. The number of imidazole rings is 1. The topological polar surface area (TPSA) is 79.7 Å². The van der Waals surface area contributed by atoms with Crippen molar-refractivity contribution in [2.24, 2.45) is 0 Å². The molecule has 1 aliphatic heterocycles. The quantitative estimate of drug-likeness (QED) is 0.594. The van der Waals surface area contributed by atoms with Gasteiger partial charge in [-0.25, -0.2) is 9.67 Å². The Morgan fingerprint density at radius 1 is 1.21 bits per heavy atom. The second-order valence-electron chi connectivity index (χ2n) is 7.44. The van der Waals surface area contributed by atoms with Crippen molar-refractivity contribution in [2.75, 3.05) is 6.54 Å². The van der Waals surface area contributed by atoms with E-state index in [1.807, 2.05) is 39.9 Å². The molecule has 1 fully saturated rings. The van der Waals surface area contributed by atoms with Crippen molar-refractivity contribution < 1.29 is 4.79 Å². The van der Waals surface area contributed by atoms with Crippen LogP contribution in [0.3, 0.4) is 0 Å². The lowest BCUT2D eigenvalue weighted by Gasteiger charge is -2.23. The molecule has 0 spiro atoms. The first-order chi connectivity index (χ1) is 13.7. The van der Waals surface area contributed by atoms with Crippen molar-refractivity contribution in [1.29, 1.82) is 0 Å². The highest BCUT2D eigenvalue weighted by molar-refractivity contribution is 5.79. The van der Waals surface area contributed by atoms with Gasteiger partial charge in [0, 0.05) is 13.0 Å². The first-order valence-corrected chi connectivity index (χ1v) is 9.73. The van der Waals surface area contributed by atoms with Gasteiger partial charge in [-0.1, -0.05) is 23.4 Å². The largest absolute Gasteiger partial charge is 0.340 e. The Kier molecular flexibility index (Phi) is 4.07. The third-order valence-electron chi connectivity index (χ3n) is 5.50. The fourth-order valence-electron chi connectivity index (χ4n) is 4.08. The van der Waals surface area contributed by atoms with Crippen molar-refractivity contribution in [2.45, 2.75) is 38.8 Å². The first kappa shape index (κ1) is 16.9. The van der Waals surface area contributed by atoms with E-state index in [4.69, 9.17) is 4.98 Å². The molecule has 0 radical (unpaired) electrons. The van der Waals surface area contributed by atoms with Gasteiger partial charge in [-0.2, -0.15) is 0 Å². The van der Waals surface area contributed by atoms with E-state index in [9.17, 15) is 4.79 Å². The summed E-state index contributed by atoms with van der Waals surface area (Å²) in [6, 6.07) is 14.0. The van der Waals surface area contributed by atoms with Gasteiger partial charge in [-0.3, -0.25) is 4.79 Å². The predicted octanol–water partition coefficient (Wildman–Crippen LogP) is 3.37. The van der Waals surface area contributed by atoms with Crippen LogP contribution < -0.4 is 0 Å². The van der Waals surface area contributed by atoms with Gasteiger partial charge in [0.1, 0.15) is 11.3 Å². The first-order valence-electron chi connectivity index (χ1n) is 9.73. The molecule has 0 aliphatic carbocycles. The van der Waals surface area contributed by atoms with Crippen LogP contribution in [0.15, 0.2) is 42.5 Å². The summed E-state index contributed by atoms with van der Waals surface area (Å²) in [5, 5.41) is 8.35. The number of hydrogen-bond acceptors (Lipinski definition) is 4. The van der Waals surface area contributed by atoms with Crippen LogP contribution in [0.25, 0.3) is 22.1 Å². The van der Waals surface area contributed by atoms with Crippen molar-refractivity contribution in [3.8, 4) is 0 Å². The number of aromatic amines is 1. The summed E-state index contributed by atoms with van der Waals surface area (Å²) >= 11 is 0. The minimum atomic E-state index is 0.0210. The van der Waals surface area contributed by atoms with Crippen LogP contribution in [0.5, 0.6) is 0 Å². The molecule has 1 N–H and O–H groups in total. The molecule has 1 amide bonds. The number of H-pyrrole nitrogens is 1. The molecule has 1 atom stereocenters. The van der Waals surface area contributed by atoms with Gasteiger partial charge in [0.05, 0.1) is 29.1 Å². The van der Waals surface area contributed by atoms with Crippen LogP contribution in [0.4, 0.5) is 0 Å². The number of carbonyl (C=O) groups excluding carboxylic acids is 1. The van der Waals surface area contributed by atoms with Crippen LogP contribution in [-0.2, 0) is 11.3 Å². The molecule has 5 rings (SSSR count). The molecule has 1 saturated heterocycles. The SMILES string of the molecule is Cc1ccc2nc(C3CCCN3C(=O)CCn3nnc4ccccc43)[nH]c2c1. The average Bonchev–Trinajstić information content (AvgIpc) is 3.43. The van der Waals surface area contributed by atoms with E-state index < -0.39 is 0 Å². The van der Waals surface area contributed by atoms with Gasteiger partial charge in [-0.15, -0.1) is 5.10 Å². The number of rotatable bonds is 4. The Hall–Kier alpha value is -3.22. The average molecular weight is 374 g/mol. The fraction of sp³-hybridized carbons (Fsp3) is 0.333. The smallest absolute Gasteiger partial charge is 0.225 e. The second-order valence-corrected chi connectivity index (χ2v) is 7.44. The Labute approximate surface area is 162 Å². The summed E-state index contributed by atoms with van der Waals surface area (Å²) in [5.74, 6) is 1.02. The van der Waals surface area contributed by atoms with Crippen LogP contribution in [0.2, 0.25) is 0 Å². The van der Waals surface area contributed by atoms with Crippen molar-refractivity contribution >= 4 is 28.0 Å². The van der Waals surface area contributed by atoms with Crippen molar-refractivity contribution in [3.05, 3.63) is 53.9 Å². The van der Waals surface area contributed by atoms with Crippen molar-refractivity contribution in [3.63, 3.8) is 0 Å². The van der Waals surface area contributed by atoms with E-state index >= 15 is 0 Å². The highest BCUT2D eigenvalue weighted by atomic mass is 16.2. The normalized spacial score (nSPS) is 17.0. The standard InChI is InChI=1S/C21H22N6O/c1-14-8-9-15-17(13-14)23-21(22-15)19-7-4-11-26(19)20(28)10-12-27-18-6-3-2-5-16(18)24-25-27/h2-3,5-6,8-9,13,19H,4,7,10-12H2,1H3,(H,22,23). The van der Waals surface area contributed by atoms with Gasteiger partial charge in [0.15, 0.2) is 0 Å².